The summed E-state index contributed by atoms with van der Waals surface area (Å²) in [4.78, 5) is 59.4. The van der Waals surface area contributed by atoms with Crippen molar-refractivity contribution in [1.29, 1.82) is 0 Å². The van der Waals surface area contributed by atoms with E-state index in [2.05, 4.69) is 5.32 Å². The average Bonchev–Trinajstić information content (AvgIpc) is 3.39. The van der Waals surface area contributed by atoms with Crippen LogP contribution in [0.4, 0.5) is 21.0 Å². The molecular formula is C30H30N4O9S. The summed E-state index contributed by atoms with van der Waals surface area (Å²) >= 11 is 1.19. The highest BCUT2D eigenvalue weighted by atomic mass is 32.2. The van der Waals surface area contributed by atoms with Gasteiger partial charge in [0.15, 0.2) is 5.12 Å². The molecule has 0 saturated carbocycles. The number of hydrogen-bond acceptors (Lipinski definition) is 10. The lowest BCUT2D eigenvalue weighted by Crippen LogP contribution is -2.37. The molecule has 1 heterocycles. The van der Waals surface area contributed by atoms with Crippen molar-refractivity contribution in [2.75, 3.05) is 6.54 Å². The number of amides is 2. The first-order chi connectivity index (χ1) is 21.1. The number of non-ortho nitro benzene ring substituents is 2. The van der Waals surface area contributed by atoms with Gasteiger partial charge in [-0.3, -0.25) is 25.0 Å². The minimum absolute atomic E-state index is 0.0385. The lowest BCUT2D eigenvalue weighted by atomic mass is 10.0. The van der Waals surface area contributed by atoms with Gasteiger partial charge in [0, 0.05) is 55.6 Å². The van der Waals surface area contributed by atoms with E-state index in [0.29, 0.717) is 30.5 Å². The van der Waals surface area contributed by atoms with E-state index in [9.17, 15) is 34.6 Å². The van der Waals surface area contributed by atoms with Gasteiger partial charge in [-0.15, -0.1) is 0 Å². The lowest BCUT2D eigenvalue weighted by Gasteiger charge is -2.24. The Kier molecular flexibility index (Phi) is 10.9. The van der Waals surface area contributed by atoms with E-state index in [1.165, 1.54) is 67.2 Å². The Hall–Kier alpha value is -4.98. The Balaban J connectivity index is 1.32. The van der Waals surface area contributed by atoms with Gasteiger partial charge in [0.2, 0.25) is 0 Å². The molecule has 0 aromatic heterocycles. The molecule has 13 nitrogen and oxygen atoms in total. The molecule has 14 heteroatoms. The van der Waals surface area contributed by atoms with E-state index in [-0.39, 0.29) is 47.5 Å². The third-order valence-corrected chi connectivity index (χ3v) is 7.88. The summed E-state index contributed by atoms with van der Waals surface area (Å²) in [5.74, 6) is 0. The quantitative estimate of drug-likeness (QED) is 0.212. The van der Waals surface area contributed by atoms with Crippen molar-refractivity contribution in [1.82, 2.24) is 10.2 Å². The number of hydrogen-bond donors (Lipinski definition) is 1. The highest BCUT2D eigenvalue weighted by molar-refractivity contribution is 8.14. The number of ether oxygens (including phenoxy) is 2. The molecular weight excluding hydrogens is 592 g/mol. The second-order valence-electron chi connectivity index (χ2n) is 10.1. The van der Waals surface area contributed by atoms with E-state index in [1.807, 2.05) is 24.3 Å². The third-order valence-electron chi connectivity index (χ3n) is 6.87. The zero-order valence-corrected chi connectivity index (χ0v) is 24.6. The minimum atomic E-state index is -0.643. The molecule has 2 amide bonds. The van der Waals surface area contributed by atoms with Crippen molar-refractivity contribution >= 4 is 40.4 Å². The van der Waals surface area contributed by atoms with Crippen molar-refractivity contribution in [3.8, 4) is 0 Å². The smallest absolute Gasteiger partial charge is 0.410 e. The third kappa shape index (κ3) is 9.26. The van der Waals surface area contributed by atoms with Gasteiger partial charge in [-0.2, -0.15) is 0 Å². The summed E-state index contributed by atoms with van der Waals surface area (Å²) in [7, 11) is 0. The summed E-state index contributed by atoms with van der Waals surface area (Å²) in [6, 6.07) is 18.8. The first kappa shape index (κ1) is 31.9. The molecule has 4 rings (SSSR count). The molecule has 1 aliphatic heterocycles. The van der Waals surface area contributed by atoms with Gasteiger partial charge < -0.3 is 19.7 Å². The molecule has 3 aromatic rings. The summed E-state index contributed by atoms with van der Waals surface area (Å²) in [5, 5.41) is 24.2. The first-order valence-corrected chi connectivity index (χ1v) is 14.5. The zero-order chi connectivity index (χ0) is 31.6. The number of nitrogens with zero attached hydrogens (tertiary/aromatic N) is 3. The number of nitro groups is 2. The van der Waals surface area contributed by atoms with Gasteiger partial charge in [-0.25, -0.2) is 9.59 Å². The molecule has 1 fully saturated rings. The molecule has 2 atom stereocenters. The Morgan fingerprint density at radius 1 is 0.864 bits per heavy atom. The van der Waals surface area contributed by atoms with E-state index >= 15 is 0 Å². The molecule has 230 valence electrons. The van der Waals surface area contributed by atoms with Crippen LogP contribution in [0.5, 0.6) is 0 Å². The maximum Gasteiger partial charge on any atom is 0.410 e. The molecule has 0 aliphatic carbocycles. The predicted molar refractivity (Wildman–Crippen MR) is 161 cm³/mol. The van der Waals surface area contributed by atoms with Crippen molar-refractivity contribution in [3.05, 3.63) is 115 Å². The van der Waals surface area contributed by atoms with Crippen molar-refractivity contribution in [2.45, 2.75) is 50.8 Å². The normalized spacial score (nSPS) is 15.8. The number of carbonyl (C=O) groups is 3. The van der Waals surface area contributed by atoms with Gasteiger partial charge in [0.05, 0.1) is 9.85 Å². The standard InChI is InChI=1S/C30H30N4O9S/c1-20(35)44-28-15-27(32(17-28)30(37)43-19-22-7-11-26(12-8-22)34(40)41)14-23-3-2-4-24(13-23)16-31-29(36)42-18-21-5-9-25(10-6-21)33(38)39/h2-13,27-28H,14-19H2,1H3,(H,31,36)/t27-,28+/m1/s1. The van der Waals surface area contributed by atoms with Crippen LogP contribution < -0.4 is 5.32 Å². The fourth-order valence-electron chi connectivity index (χ4n) is 4.78. The average molecular weight is 623 g/mol. The second kappa shape index (κ2) is 15.0. The molecule has 1 aliphatic rings. The summed E-state index contributed by atoms with van der Waals surface area (Å²) in [6.07, 6.45) is -0.0851. The number of likely N-dealkylation sites (tertiary alicyclic amines) is 1. The molecule has 0 bridgehead atoms. The van der Waals surface area contributed by atoms with Gasteiger partial charge >= 0.3 is 12.2 Å². The minimum Gasteiger partial charge on any atom is -0.445 e. The Morgan fingerprint density at radius 2 is 1.43 bits per heavy atom. The van der Waals surface area contributed by atoms with Crippen LogP contribution in [0.25, 0.3) is 0 Å². The largest absolute Gasteiger partial charge is 0.445 e. The molecule has 44 heavy (non-hydrogen) atoms. The van der Waals surface area contributed by atoms with Crippen molar-refractivity contribution < 1.29 is 33.7 Å². The number of rotatable bonds is 11. The van der Waals surface area contributed by atoms with E-state index in [0.717, 1.165) is 11.1 Å². The van der Waals surface area contributed by atoms with Crippen molar-refractivity contribution in [2.24, 2.45) is 0 Å². The van der Waals surface area contributed by atoms with Crippen molar-refractivity contribution in [3.63, 3.8) is 0 Å². The molecule has 0 spiro atoms. The molecule has 0 unspecified atom stereocenters. The van der Waals surface area contributed by atoms with Gasteiger partial charge in [0.25, 0.3) is 11.4 Å². The summed E-state index contributed by atoms with van der Waals surface area (Å²) < 4.78 is 10.7. The molecule has 0 radical (unpaired) electrons. The molecule has 3 aromatic carbocycles. The Morgan fingerprint density at radius 3 is 2.00 bits per heavy atom. The van der Waals surface area contributed by atoms with Crippen LogP contribution in [-0.2, 0) is 40.4 Å². The monoisotopic (exact) mass is 622 g/mol. The lowest BCUT2D eigenvalue weighted by molar-refractivity contribution is -0.385. The molecule has 1 N–H and O–H groups in total. The van der Waals surface area contributed by atoms with Gasteiger partial charge in [-0.1, -0.05) is 36.0 Å². The number of nitrogens with one attached hydrogen (secondary N) is 1. The Labute approximate surface area is 256 Å². The Bertz CT molecular complexity index is 1520. The van der Waals surface area contributed by atoms with Crippen LogP contribution in [-0.4, -0.2) is 49.9 Å². The number of thioether (sulfide) groups is 1. The zero-order valence-electron chi connectivity index (χ0n) is 23.7. The van der Waals surface area contributed by atoms with Crippen LogP contribution in [0.1, 0.15) is 35.6 Å². The SMILES string of the molecule is CC(=O)S[C@H]1C[C@@H](Cc2cccc(CNC(=O)OCc3ccc([N+](=O)[O-])cc3)c2)N(C(=O)OCc2ccc([N+](=O)[O-])cc2)C1. The second-order valence-corrected chi connectivity index (χ2v) is 11.6. The number of carbonyl (C=O) groups excluding carboxylic acids is 3. The highest BCUT2D eigenvalue weighted by Gasteiger charge is 2.37. The summed E-state index contributed by atoms with van der Waals surface area (Å²) in [6.45, 7) is 1.94. The topological polar surface area (TPSA) is 171 Å². The van der Waals surface area contributed by atoms with Crippen LogP contribution >= 0.6 is 11.8 Å². The van der Waals surface area contributed by atoms with E-state index < -0.39 is 22.0 Å². The number of benzene rings is 3. The fourth-order valence-corrected chi connectivity index (χ4v) is 5.80. The van der Waals surface area contributed by atoms with Crippen LogP contribution in [0.15, 0.2) is 72.8 Å². The maximum atomic E-state index is 13.1. The fraction of sp³-hybridized carbons (Fsp3) is 0.300. The number of alkyl carbamates (subject to hydrolysis) is 1. The highest BCUT2D eigenvalue weighted by Crippen LogP contribution is 2.31. The number of nitro benzene ring substituents is 2. The van der Waals surface area contributed by atoms with Crippen LogP contribution in [0, 0.1) is 20.2 Å². The predicted octanol–water partition coefficient (Wildman–Crippen LogP) is 5.53. The van der Waals surface area contributed by atoms with E-state index in [4.69, 9.17) is 9.47 Å². The maximum absolute atomic E-state index is 13.1. The van der Waals surface area contributed by atoms with Crippen LogP contribution in [0.2, 0.25) is 0 Å². The van der Waals surface area contributed by atoms with Crippen LogP contribution in [0.3, 0.4) is 0 Å². The summed E-state index contributed by atoms with van der Waals surface area (Å²) in [5.41, 5.74) is 2.86. The first-order valence-electron chi connectivity index (χ1n) is 13.6. The van der Waals surface area contributed by atoms with Gasteiger partial charge in [0.1, 0.15) is 13.2 Å². The van der Waals surface area contributed by atoms with Gasteiger partial charge in [-0.05, 0) is 59.4 Å². The molecule has 1 saturated heterocycles. The van der Waals surface area contributed by atoms with E-state index in [1.54, 1.807) is 4.90 Å².